The van der Waals surface area contributed by atoms with Crippen LogP contribution in [0.1, 0.15) is 76.3 Å². The molecule has 0 bridgehead atoms. The summed E-state index contributed by atoms with van der Waals surface area (Å²) in [7, 11) is 0. The minimum absolute atomic E-state index is 0.0117. The van der Waals surface area contributed by atoms with Crippen molar-refractivity contribution >= 4 is 61.9 Å². The van der Waals surface area contributed by atoms with Crippen LogP contribution in [0.2, 0.25) is 0 Å². The van der Waals surface area contributed by atoms with E-state index in [4.69, 9.17) is 16.6 Å². The number of aliphatic carboxylic acids is 1. The summed E-state index contributed by atoms with van der Waals surface area (Å²) in [5, 5.41) is 63.8. The molecule has 0 atom stereocenters. The highest BCUT2D eigenvalue weighted by molar-refractivity contribution is 7.15. The predicted octanol–water partition coefficient (Wildman–Crippen LogP) is 4.82. The van der Waals surface area contributed by atoms with E-state index < -0.39 is 22.8 Å². The third-order valence-corrected chi connectivity index (χ3v) is 8.25. The number of carbonyl (C=O) groups is 1. The first-order valence-electron chi connectivity index (χ1n) is 14.5. The molecule has 0 unspecified atom stereocenters. The predicted molar refractivity (Wildman–Crippen MR) is 175 cm³/mol. The van der Waals surface area contributed by atoms with Crippen molar-refractivity contribution in [3.63, 3.8) is 0 Å². The summed E-state index contributed by atoms with van der Waals surface area (Å²) < 4.78 is 2.42. The zero-order valence-electron chi connectivity index (χ0n) is 27.1. The summed E-state index contributed by atoms with van der Waals surface area (Å²) in [6.07, 6.45) is 0.846. The molecule has 0 aliphatic rings. The summed E-state index contributed by atoms with van der Waals surface area (Å²) in [6.45, 7) is 13.5. The lowest BCUT2D eigenvalue weighted by atomic mass is 9.91. The number of nitrogens with two attached hydrogens (primary N) is 2. The Morgan fingerprint density at radius 3 is 1.62 bits per heavy atom. The van der Waals surface area contributed by atoms with Crippen molar-refractivity contribution in [3.05, 3.63) is 21.4 Å². The maximum absolute atomic E-state index is 10.9. The van der Waals surface area contributed by atoms with Crippen LogP contribution in [0.15, 0.2) is 20.5 Å². The Bertz CT molecular complexity index is 2030. The summed E-state index contributed by atoms with van der Waals surface area (Å²) >= 11 is 2.42. The summed E-state index contributed by atoms with van der Waals surface area (Å²) in [4.78, 5) is 23.5. The number of hydrogen-bond acceptors (Lipinski definition) is 19. The number of anilines is 2. The van der Waals surface area contributed by atoms with Crippen LogP contribution in [-0.4, -0.2) is 71.1 Å². The van der Waals surface area contributed by atoms with Gasteiger partial charge in [0.25, 0.3) is 22.2 Å². The number of hydrogen-bond donors (Lipinski definition) is 4. The maximum atomic E-state index is 10.9. The van der Waals surface area contributed by atoms with Crippen LogP contribution in [-0.2, 0) is 28.5 Å². The largest absolute Gasteiger partial charge is 0.481 e. The minimum Gasteiger partial charge on any atom is -0.481 e. The fourth-order valence-corrected chi connectivity index (χ4v) is 5.36. The van der Waals surface area contributed by atoms with Crippen molar-refractivity contribution in [2.75, 3.05) is 11.5 Å². The molecule has 0 fully saturated rings. The topological polar surface area (TPSA) is 285 Å². The number of aromatic nitrogens is 11. The molecule has 5 aromatic heterocycles. The number of azo groups is 2. The molecule has 252 valence electrons. The highest BCUT2D eigenvalue weighted by Crippen LogP contribution is 2.39. The first-order chi connectivity index (χ1) is 22.5. The standard InChI is InChI=1S/C26H33N17O3S2/c1-8-11-32-36-23(47-11)38-34-14-16(25(2,3)4)40-42(18(14)27)20-29-21(31-22(46)30-20)43-19(28)15(17(41-43)26(5,6)7)35-39-24-37-33-12(48-24)9-10-13(44)45/h8-10,27-28H2,1-7H3,(H,44,45)(H,29,30,31,46). The van der Waals surface area contributed by atoms with Gasteiger partial charge >= 0.3 is 12.0 Å². The van der Waals surface area contributed by atoms with Crippen molar-refractivity contribution in [2.24, 2.45) is 20.5 Å². The number of nitrogens with zero attached hydrogens (tertiary/aromatic N) is 15. The Kier molecular flexibility index (Phi) is 9.22. The van der Waals surface area contributed by atoms with Gasteiger partial charge in [0.05, 0.1) is 17.8 Å². The van der Waals surface area contributed by atoms with Gasteiger partial charge in [0.15, 0.2) is 23.0 Å². The first kappa shape index (κ1) is 34.0. The minimum atomic E-state index is -0.943. The van der Waals surface area contributed by atoms with Gasteiger partial charge in [-0.05, 0) is 6.42 Å². The van der Waals surface area contributed by atoms with E-state index in [0.29, 0.717) is 27.9 Å². The quantitative estimate of drug-likeness (QED) is 0.142. The lowest BCUT2D eigenvalue weighted by Crippen LogP contribution is -2.16. The Labute approximate surface area is 281 Å². The molecular formula is C26H33N17O3S2. The number of nitrogen functional groups attached to an aromatic ring is 2. The molecular weight excluding hydrogens is 663 g/mol. The normalized spacial score (nSPS) is 12.6. The number of aromatic hydroxyl groups is 1. The molecule has 0 aromatic carbocycles. The molecule has 0 radical (unpaired) electrons. The van der Waals surface area contributed by atoms with Gasteiger partial charge < -0.3 is 21.7 Å². The van der Waals surface area contributed by atoms with Gasteiger partial charge in [-0.3, -0.25) is 4.79 Å². The van der Waals surface area contributed by atoms with Gasteiger partial charge in [-0.15, -0.1) is 40.9 Å². The number of rotatable bonds is 10. The molecule has 20 nitrogen and oxygen atoms in total. The van der Waals surface area contributed by atoms with Crippen molar-refractivity contribution in [2.45, 2.75) is 78.6 Å². The SMILES string of the molecule is CCc1nnc(N=Nc2c(C(C)(C)C)nn(-c3nc(O)nc(-n4nc(C(C)(C)C)c(N=Nc5nnc(CCC(=O)O)s5)c4N)n3)c2N)s1. The van der Waals surface area contributed by atoms with Crippen LogP contribution in [0, 0.1) is 0 Å². The van der Waals surface area contributed by atoms with E-state index in [2.05, 4.69) is 66.0 Å². The van der Waals surface area contributed by atoms with Gasteiger partial charge in [0.2, 0.25) is 0 Å². The monoisotopic (exact) mass is 695 g/mol. The van der Waals surface area contributed by atoms with E-state index >= 15 is 0 Å². The molecule has 0 saturated heterocycles. The third-order valence-electron chi connectivity index (χ3n) is 6.43. The van der Waals surface area contributed by atoms with Crippen molar-refractivity contribution in [3.8, 4) is 17.9 Å². The van der Waals surface area contributed by atoms with Gasteiger partial charge in [0.1, 0.15) is 10.0 Å². The number of carboxylic acid groups (broad SMARTS) is 1. The average molecular weight is 696 g/mol. The van der Waals surface area contributed by atoms with Crippen LogP contribution in [0.4, 0.5) is 33.3 Å². The summed E-state index contributed by atoms with van der Waals surface area (Å²) in [5.74, 6) is -1.16. The molecule has 0 amide bonds. The van der Waals surface area contributed by atoms with Crippen molar-refractivity contribution < 1.29 is 15.0 Å². The molecule has 5 rings (SSSR count). The molecule has 5 aromatic rings. The Hall–Kier alpha value is -5.38. The van der Waals surface area contributed by atoms with Crippen LogP contribution in [0.5, 0.6) is 6.01 Å². The molecule has 0 aliphatic carbocycles. The molecule has 0 saturated carbocycles. The highest BCUT2D eigenvalue weighted by Gasteiger charge is 2.30. The van der Waals surface area contributed by atoms with E-state index in [1.807, 2.05) is 48.5 Å². The second kappa shape index (κ2) is 13.0. The van der Waals surface area contributed by atoms with E-state index in [1.54, 1.807) is 0 Å². The van der Waals surface area contributed by atoms with Crippen LogP contribution in [0.25, 0.3) is 11.9 Å². The Morgan fingerprint density at radius 2 is 1.21 bits per heavy atom. The van der Waals surface area contributed by atoms with E-state index in [0.717, 1.165) is 16.3 Å². The lowest BCUT2D eigenvalue weighted by molar-refractivity contribution is -0.136. The van der Waals surface area contributed by atoms with E-state index in [9.17, 15) is 9.90 Å². The zero-order valence-corrected chi connectivity index (χ0v) is 28.7. The molecule has 6 N–H and O–H groups in total. The van der Waals surface area contributed by atoms with E-state index in [-0.39, 0.29) is 52.9 Å². The summed E-state index contributed by atoms with van der Waals surface area (Å²) in [5.41, 5.74) is 13.4. The smallest absolute Gasteiger partial charge is 0.320 e. The van der Waals surface area contributed by atoms with Gasteiger partial charge in [-0.25, -0.2) is 0 Å². The Balaban J connectivity index is 1.55. The van der Waals surface area contributed by atoms with Gasteiger partial charge in [0, 0.05) is 17.3 Å². The van der Waals surface area contributed by atoms with Crippen LogP contribution in [0.3, 0.4) is 0 Å². The second-order valence-corrected chi connectivity index (χ2v) is 14.4. The molecule has 48 heavy (non-hydrogen) atoms. The van der Waals surface area contributed by atoms with Crippen molar-refractivity contribution in [1.82, 2.24) is 54.9 Å². The first-order valence-corrected chi connectivity index (χ1v) is 16.1. The fourth-order valence-electron chi connectivity index (χ4n) is 4.10. The van der Waals surface area contributed by atoms with Crippen LogP contribution >= 0.6 is 22.7 Å². The molecule has 0 spiro atoms. The second-order valence-electron chi connectivity index (χ2n) is 12.3. The lowest BCUT2D eigenvalue weighted by Gasteiger charge is -2.15. The number of aryl methyl sites for hydroxylation is 2. The average Bonchev–Trinajstić information content (AvgIpc) is 3.78. The third kappa shape index (κ3) is 7.27. The van der Waals surface area contributed by atoms with E-state index in [1.165, 1.54) is 20.7 Å². The van der Waals surface area contributed by atoms with Gasteiger partial charge in [-0.2, -0.15) is 34.5 Å². The summed E-state index contributed by atoms with van der Waals surface area (Å²) in [6, 6.07) is -0.649. The van der Waals surface area contributed by atoms with Crippen molar-refractivity contribution in [1.29, 1.82) is 0 Å². The zero-order chi connectivity index (χ0) is 35.0. The Morgan fingerprint density at radius 1 is 0.750 bits per heavy atom. The number of carboxylic acids is 1. The maximum Gasteiger partial charge on any atom is 0.320 e. The van der Waals surface area contributed by atoms with Gasteiger partial charge in [-0.1, -0.05) is 71.1 Å². The van der Waals surface area contributed by atoms with Crippen LogP contribution < -0.4 is 11.5 Å². The fraction of sp³-hybridized carbons (Fsp3) is 0.462. The highest BCUT2D eigenvalue weighted by atomic mass is 32.1. The molecule has 22 heteroatoms. The molecule has 5 heterocycles. The molecule has 0 aliphatic heterocycles.